The minimum Gasteiger partial charge on any atom is -0.478 e. The Labute approximate surface area is 230 Å². The van der Waals surface area contributed by atoms with Crippen molar-refractivity contribution < 1.29 is 19.4 Å². The molecule has 0 bridgehead atoms. The van der Waals surface area contributed by atoms with Crippen LogP contribution in [-0.4, -0.2) is 31.7 Å². The standard InChI is InChI=1S/C23H18Cl4N2O4S2/c24-15-2-1-14(18(26)9-15)12-34-13-35-20(17-4-3-16(25)10-19(17)27)11-29-8-7-28-23(29)33-22(32)6-5-21(30)31/h1-10,20H,11-13H2,(H,30,31)/b6-5+. The summed E-state index contributed by atoms with van der Waals surface area (Å²) >= 11 is 28.2. The summed E-state index contributed by atoms with van der Waals surface area (Å²) in [5, 5.41) is 11.5. The van der Waals surface area contributed by atoms with Crippen LogP contribution >= 0.6 is 69.9 Å². The van der Waals surface area contributed by atoms with Gasteiger partial charge in [-0.25, -0.2) is 14.6 Å². The number of hydrogen-bond donors (Lipinski definition) is 1. The van der Waals surface area contributed by atoms with Gasteiger partial charge in [-0.2, -0.15) is 0 Å². The Bertz CT molecular complexity index is 1240. The molecule has 0 aliphatic carbocycles. The van der Waals surface area contributed by atoms with Crippen LogP contribution in [0.5, 0.6) is 6.01 Å². The van der Waals surface area contributed by atoms with Crippen molar-refractivity contribution in [3.05, 3.63) is 92.2 Å². The SMILES string of the molecule is O=C(O)/C=C/C(=O)Oc1nccn1CC(SCSCc1ccc(Cl)cc1Cl)c1ccc(Cl)cc1Cl. The lowest BCUT2D eigenvalue weighted by Gasteiger charge is -2.20. The van der Waals surface area contributed by atoms with Crippen LogP contribution in [0.15, 0.2) is 60.9 Å². The Hall–Kier alpha value is -1.81. The van der Waals surface area contributed by atoms with Gasteiger partial charge in [-0.05, 0) is 35.4 Å². The lowest BCUT2D eigenvalue weighted by Crippen LogP contribution is -2.13. The second-order valence-electron chi connectivity index (χ2n) is 6.98. The van der Waals surface area contributed by atoms with Gasteiger partial charge in [0.05, 0.1) is 5.25 Å². The highest BCUT2D eigenvalue weighted by atomic mass is 35.5. The summed E-state index contributed by atoms with van der Waals surface area (Å²) in [7, 11) is 0. The number of thioether (sulfide) groups is 2. The van der Waals surface area contributed by atoms with E-state index in [0.29, 0.717) is 43.5 Å². The topological polar surface area (TPSA) is 81.4 Å². The fourth-order valence-electron chi connectivity index (χ4n) is 2.91. The molecule has 1 atom stereocenters. The number of carbonyl (C=O) groups is 2. The summed E-state index contributed by atoms with van der Waals surface area (Å²) in [5.74, 6) is -1.39. The number of aliphatic carboxylic acids is 1. The van der Waals surface area contributed by atoms with Crippen molar-refractivity contribution in [3.8, 4) is 6.01 Å². The van der Waals surface area contributed by atoms with E-state index in [0.717, 1.165) is 17.2 Å². The Morgan fingerprint density at radius 1 is 1.06 bits per heavy atom. The molecule has 0 radical (unpaired) electrons. The number of carboxylic acid groups (broad SMARTS) is 1. The number of nitrogens with zero attached hydrogens (tertiary/aromatic N) is 2. The first-order valence-electron chi connectivity index (χ1n) is 9.95. The van der Waals surface area contributed by atoms with E-state index >= 15 is 0 Å². The number of carboxylic acids is 1. The lowest BCUT2D eigenvalue weighted by molar-refractivity contribution is -0.133. The van der Waals surface area contributed by atoms with Gasteiger partial charge in [-0.3, -0.25) is 4.57 Å². The van der Waals surface area contributed by atoms with Crippen molar-refractivity contribution in [2.75, 3.05) is 5.08 Å². The maximum absolute atomic E-state index is 11.9. The fraction of sp³-hybridized carbons (Fsp3) is 0.174. The van der Waals surface area contributed by atoms with E-state index in [-0.39, 0.29) is 11.3 Å². The summed E-state index contributed by atoms with van der Waals surface area (Å²) in [4.78, 5) is 26.6. The van der Waals surface area contributed by atoms with Crippen LogP contribution in [0, 0.1) is 0 Å². The molecule has 0 saturated heterocycles. The van der Waals surface area contributed by atoms with Crippen LogP contribution in [-0.2, 0) is 21.9 Å². The number of benzene rings is 2. The number of carbonyl (C=O) groups excluding carboxylic acids is 1. The molecule has 0 amide bonds. The van der Waals surface area contributed by atoms with Gasteiger partial charge < -0.3 is 9.84 Å². The second-order valence-corrected chi connectivity index (χ2v) is 11.2. The Kier molecular flexibility index (Phi) is 10.7. The van der Waals surface area contributed by atoms with Gasteiger partial charge >= 0.3 is 17.9 Å². The smallest absolute Gasteiger partial charge is 0.338 e. The van der Waals surface area contributed by atoms with Crippen LogP contribution < -0.4 is 4.74 Å². The molecule has 0 fully saturated rings. The first-order chi connectivity index (χ1) is 16.7. The Balaban J connectivity index is 1.72. The molecule has 184 valence electrons. The summed E-state index contributed by atoms with van der Waals surface area (Å²) in [5.41, 5.74) is 1.85. The molecular weight excluding hydrogens is 574 g/mol. The fourth-order valence-corrected chi connectivity index (χ4v) is 6.56. The molecule has 0 aliphatic rings. The molecule has 1 heterocycles. The molecule has 0 spiro atoms. The largest absolute Gasteiger partial charge is 0.478 e. The van der Waals surface area contributed by atoms with Crippen LogP contribution in [0.3, 0.4) is 0 Å². The highest BCUT2D eigenvalue weighted by molar-refractivity contribution is 8.15. The molecule has 35 heavy (non-hydrogen) atoms. The maximum Gasteiger partial charge on any atom is 0.338 e. The van der Waals surface area contributed by atoms with Gasteiger partial charge in [-0.15, -0.1) is 23.5 Å². The van der Waals surface area contributed by atoms with Crippen molar-refractivity contribution in [1.82, 2.24) is 9.55 Å². The van der Waals surface area contributed by atoms with Crippen molar-refractivity contribution in [2.24, 2.45) is 0 Å². The third-order valence-electron chi connectivity index (χ3n) is 4.53. The highest BCUT2D eigenvalue weighted by Gasteiger charge is 2.19. The van der Waals surface area contributed by atoms with Crippen LogP contribution in [0.2, 0.25) is 20.1 Å². The third kappa shape index (κ3) is 8.66. The average molecular weight is 592 g/mol. The molecule has 1 aromatic heterocycles. The minimum absolute atomic E-state index is 0.0429. The zero-order chi connectivity index (χ0) is 25.4. The number of rotatable bonds is 11. The van der Waals surface area contributed by atoms with Gasteiger partial charge in [0.25, 0.3) is 0 Å². The van der Waals surface area contributed by atoms with Gasteiger partial charge in [0, 0.05) is 62.0 Å². The number of imidazole rings is 1. The summed E-state index contributed by atoms with van der Waals surface area (Å²) in [6, 6.07) is 10.8. The maximum atomic E-state index is 11.9. The van der Waals surface area contributed by atoms with Crippen molar-refractivity contribution in [2.45, 2.75) is 17.5 Å². The monoisotopic (exact) mass is 590 g/mol. The van der Waals surface area contributed by atoms with Gasteiger partial charge in [0.2, 0.25) is 0 Å². The van der Waals surface area contributed by atoms with E-state index in [1.807, 2.05) is 12.1 Å². The van der Waals surface area contributed by atoms with Crippen molar-refractivity contribution in [3.63, 3.8) is 0 Å². The highest BCUT2D eigenvalue weighted by Crippen LogP contribution is 2.39. The van der Waals surface area contributed by atoms with E-state index in [2.05, 4.69) is 4.98 Å². The number of ether oxygens (including phenoxy) is 1. The van der Waals surface area contributed by atoms with E-state index in [1.54, 1.807) is 58.6 Å². The zero-order valence-electron chi connectivity index (χ0n) is 17.9. The predicted molar refractivity (Wildman–Crippen MR) is 144 cm³/mol. The van der Waals surface area contributed by atoms with Crippen molar-refractivity contribution >= 4 is 81.9 Å². The molecular formula is C23H18Cl4N2O4S2. The molecule has 0 aliphatic heterocycles. The Morgan fingerprint density at radius 3 is 2.46 bits per heavy atom. The molecule has 3 rings (SSSR count). The van der Waals surface area contributed by atoms with Gasteiger partial charge in [0.15, 0.2) is 0 Å². The van der Waals surface area contributed by atoms with Crippen LogP contribution in [0.25, 0.3) is 0 Å². The molecule has 12 heteroatoms. The van der Waals surface area contributed by atoms with E-state index in [9.17, 15) is 9.59 Å². The van der Waals surface area contributed by atoms with E-state index < -0.39 is 11.9 Å². The minimum atomic E-state index is -1.25. The average Bonchev–Trinajstić information content (AvgIpc) is 3.22. The zero-order valence-corrected chi connectivity index (χ0v) is 22.5. The lowest BCUT2D eigenvalue weighted by atomic mass is 10.1. The van der Waals surface area contributed by atoms with Crippen LogP contribution in [0.1, 0.15) is 16.4 Å². The molecule has 6 nitrogen and oxygen atoms in total. The van der Waals surface area contributed by atoms with E-state index in [1.165, 1.54) is 6.20 Å². The molecule has 1 N–H and O–H groups in total. The normalized spacial score (nSPS) is 12.1. The number of esters is 1. The first-order valence-corrected chi connectivity index (χ1v) is 13.7. The number of aromatic nitrogens is 2. The number of halogens is 4. The Morgan fingerprint density at radius 2 is 1.77 bits per heavy atom. The molecule has 2 aromatic carbocycles. The van der Waals surface area contributed by atoms with Gasteiger partial charge in [-0.1, -0.05) is 58.5 Å². The summed E-state index contributed by atoms with van der Waals surface area (Å²) in [6.45, 7) is 0.388. The predicted octanol–water partition coefficient (Wildman–Crippen LogP) is 7.41. The second kappa shape index (κ2) is 13.5. The first kappa shape index (κ1) is 27.8. The van der Waals surface area contributed by atoms with Crippen molar-refractivity contribution in [1.29, 1.82) is 0 Å². The summed E-state index contributed by atoms with van der Waals surface area (Å²) < 4.78 is 6.86. The number of hydrogen-bond acceptors (Lipinski definition) is 6. The molecule has 3 aromatic rings. The van der Waals surface area contributed by atoms with E-state index in [4.69, 9.17) is 56.2 Å². The molecule has 0 saturated carbocycles. The quantitative estimate of drug-likeness (QED) is 0.108. The third-order valence-corrected chi connectivity index (χ3v) is 8.21. The summed E-state index contributed by atoms with van der Waals surface area (Å²) in [6.07, 6.45) is 4.68. The van der Waals surface area contributed by atoms with Gasteiger partial charge in [0.1, 0.15) is 0 Å². The van der Waals surface area contributed by atoms with Crippen LogP contribution in [0.4, 0.5) is 0 Å². The molecule has 1 unspecified atom stereocenters.